The lowest BCUT2D eigenvalue weighted by Crippen LogP contribution is -2.42. The minimum Gasteiger partial charge on any atom is -0.497 e. The summed E-state index contributed by atoms with van der Waals surface area (Å²) in [6.45, 7) is 7.24. The van der Waals surface area contributed by atoms with E-state index in [1.807, 2.05) is 29.2 Å². The fourth-order valence-electron chi connectivity index (χ4n) is 3.22. The maximum Gasteiger partial charge on any atom is 0.322 e. The molecule has 144 valence electrons. The molecule has 1 amide bonds. The molecule has 0 spiro atoms. The molecule has 1 fully saturated rings. The molecule has 1 aromatic rings. The molecule has 1 heterocycles. The summed E-state index contributed by atoms with van der Waals surface area (Å²) < 4.78 is 10.1. The van der Waals surface area contributed by atoms with E-state index in [9.17, 15) is 9.59 Å². The molecule has 1 aromatic carbocycles. The Kier molecular flexibility index (Phi) is 6.64. The van der Waals surface area contributed by atoms with E-state index in [0.29, 0.717) is 25.9 Å². The lowest BCUT2D eigenvalue weighted by molar-refractivity contribution is -0.143. The first kappa shape index (κ1) is 20.2. The first-order valence-electron chi connectivity index (χ1n) is 8.97. The number of nitrogens with one attached hydrogen (secondary N) is 1. The summed E-state index contributed by atoms with van der Waals surface area (Å²) in [5, 5.41) is 3.17. The Labute approximate surface area is 155 Å². The minimum atomic E-state index is -0.361. The van der Waals surface area contributed by atoms with Gasteiger partial charge in [0.05, 0.1) is 14.2 Å². The lowest BCUT2D eigenvalue weighted by Gasteiger charge is -2.31. The molecular weight excluding hydrogens is 332 g/mol. The van der Waals surface area contributed by atoms with Crippen LogP contribution < -0.4 is 10.1 Å². The van der Waals surface area contributed by atoms with Gasteiger partial charge in [-0.15, -0.1) is 0 Å². The average molecular weight is 362 g/mol. The Bertz CT molecular complexity index is 639. The molecule has 6 nitrogen and oxygen atoms in total. The molecule has 2 atom stereocenters. The van der Waals surface area contributed by atoms with Crippen LogP contribution in [0.1, 0.15) is 39.2 Å². The molecular formula is C20H30N2O4. The molecule has 1 N–H and O–H groups in total. The first-order chi connectivity index (χ1) is 12.2. The molecule has 0 radical (unpaired) electrons. The van der Waals surface area contributed by atoms with E-state index in [1.54, 1.807) is 7.11 Å². The number of rotatable bonds is 6. The fraction of sp³-hybridized carbons (Fsp3) is 0.600. The van der Waals surface area contributed by atoms with Gasteiger partial charge in [-0.1, -0.05) is 32.9 Å². The topological polar surface area (TPSA) is 67.9 Å². The van der Waals surface area contributed by atoms with Crippen molar-refractivity contribution < 1.29 is 19.1 Å². The molecule has 1 saturated heterocycles. The Hall–Kier alpha value is -2.08. The van der Waals surface area contributed by atoms with Crippen LogP contribution in [0, 0.1) is 5.41 Å². The summed E-state index contributed by atoms with van der Waals surface area (Å²) in [4.78, 5) is 26.7. The van der Waals surface area contributed by atoms with E-state index >= 15 is 0 Å². The van der Waals surface area contributed by atoms with Gasteiger partial charge in [0.15, 0.2) is 0 Å². The molecule has 0 bridgehead atoms. The predicted molar refractivity (Wildman–Crippen MR) is 99.8 cm³/mol. The summed E-state index contributed by atoms with van der Waals surface area (Å²) >= 11 is 0. The summed E-state index contributed by atoms with van der Waals surface area (Å²) in [6, 6.07) is 7.33. The second-order valence-electron chi connectivity index (χ2n) is 7.98. The molecule has 0 saturated carbocycles. The van der Waals surface area contributed by atoms with Crippen LogP contribution in [0.3, 0.4) is 0 Å². The smallest absolute Gasteiger partial charge is 0.322 e. The Balaban J connectivity index is 2.19. The van der Waals surface area contributed by atoms with Crippen molar-refractivity contribution in [2.24, 2.45) is 5.41 Å². The average Bonchev–Trinajstić information content (AvgIpc) is 3.07. The van der Waals surface area contributed by atoms with E-state index in [4.69, 9.17) is 9.47 Å². The molecule has 2 rings (SSSR count). The van der Waals surface area contributed by atoms with E-state index < -0.39 is 0 Å². The second kappa shape index (κ2) is 8.54. The quantitative estimate of drug-likeness (QED) is 0.787. The Morgan fingerprint density at radius 2 is 2.00 bits per heavy atom. The monoisotopic (exact) mass is 362 g/mol. The van der Waals surface area contributed by atoms with Crippen molar-refractivity contribution in [3.63, 3.8) is 0 Å². The fourth-order valence-corrected chi connectivity index (χ4v) is 3.22. The van der Waals surface area contributed by atoms with Crippen molar-refractivity contribution in [1.82, 2.24) is 10.2 Å². The third kappa shape index (κ3) is 5.46. The highest BCUT2D eigenvalue weighted by Gasteiger charge is 2.36. The van der Waals surface area contributed by atoms with Gasteiger partial charge in [-0.05, 0) is 29.5 Å². The summed E-state index contributed by atoms with van der Waals surface area (Å²) in [5.74, 6) is 0.581. The van der Waals surface area contributed by atoms with Gasteiger partial charge >= 0.3 is 5.97 Å². The maximum atomic E-state index is 13.0. The van der Waals surface area contributed by atoms with Crippen molar-refractivity contribution in [3.05, 3.63) is 29.8 Å². The van der Waals surface area contributed by atoms with E-state index in [1.165, 1.54) is 7.11 Å². The molecule has 26 heavy (non-hydrogen) atoms. The minimum absolute atomic E-state index is 0.0415. The zero-order valence-electron chi connectivity index (χ0n) is 16.4. The van der Waals surface area contributed by atoms with E-state index in [0.717, 1.165) is 11.3 Å². The van der Waals surface area contributed by atoms with E-state index in [2.05, 4.69) is 26.1 Å². The van der Waals surface area contributed by atoms with Gasteiger partial charge < -0.3 is 19.7 Å². The van der Waals surface area contributed by atoms with Crippen LogP contribution >= 0.6 is 0 Å². The number of ether oxygens (including phenoxy) is 2. The summed E-state index contributed by atoms with van der Waals surface area (Å²) in [6.07, 6.45) is 1.02. The number of methoxy groups -OCH3 is 2. The number of nitrogens with zero attached hydrogens (tertiary/aromatic N) is 1. The van der Waals surface area contributed by atoms with Crippen LogP contribution in [-0.2, 0) is 20.9 Å². The van der Waals surface area contributed by atoms with Crippen LogP contribution in [0.5, 0.6) is 5.75 Å². The normalized spacial score (nSPS) is 19.9. The zero-order valence-corrected chi connectivity index (χ0v) is 16.4. The highest BCUT2D eigenvalue weighted by Crippen LogP contribution is 2.25. The number of hydrogen-bond donors (Lipinski definition) is 1. The third-order valence-electron chi connectivity index (χ3n) is 4.52. The highest BCUT2D eigenvalue weighted by molar-refractivity contribution is 5.79. The number of carbonyl (C=O) groups is 2. The largest absolute Gasteiger partial charge is 0.497 e. The molecule has 2 unspecified atom stereocenters. The Morgan fingerprint density at radius 1 is 1.27 bits per heavy atom. The zero-order chi connectivity index (χ0) is 19.3. The number of hydrogen-bond acceptors (Lipinski definition) is 5. The second-order valence-corrected chi connectivity index (χ2v) is 7.98. The van der Waals surface area contributed by atoms with Crippen molar-refractivity contribution in [2.75, 3.05) is 20.8 Å². The van der Waals surface area contributed by atoms with Gasteiger partial charge in [0.25, 0.3) is 0 Å². The first-order valence-corrected chi connectivity index (χ1v) is 8.97. The molecule has 0 aromatic heterocycles. The predicted octanol–water partition coefficient (Wildman–Crippen LogP) is 2.36. The van der Waals surface area contributed by atoms with Crippen molar-refractivity contribution in [3.8, 4) is 5.75 Å². The van der Waals surface area contributed by atoms with Crippen LogP contribution in [-0.4, -0.2) is 49.6 Å². The molecule has 1 aliphatic heterocycles. The Morgan fingerprint density at radius 3 is 2.62 bits per heavy atom. The van der Waals surface area contributed by atoms with Crippen molar-refractivity contribution in [1.29, 1.82) is 0 Å². The van der Waals surface area contributed by atoms with Crippen LogP contribution in [0.15, 0.2) is 24.3 Å². The number of amides is 1. The van der Waals surface area contributed by atoms with E-state index in [-0.39, 0.29) is 29.4 Å². The standard InChI is InChI=1S/C20H30N2O4/c1-20(2,3)11-18(23)22(13-14-7-6-8-16(9-14)25-4)15-10-17(21-12-15)19(24)26-5/h6-9,15,17,21H,10-13H2,1-5H3. The molecule has 0 aliphatic carbocycles. The van der Waals surface area contributed by atoms with Gasteiger partial charge in [-0.25, -0.2) is 0 Å². The van der Waals surface area contributed by atoms with Crippen LogP contribution in [0.25, 0.3) is 0 Å². The van der Waals surface area contributed by atoms with Crippen molar-refractivity contribution in [2.45, 2.75) is 52.2 Å². The number of benzene rings is 1. The van der Waals surface area contributed by atoms with Gasteiger partial charge in [0.1, 0.15) is 11.8 Å². The van der Waals surface area contributed by atoms with Gasteiger partial charge in [0, 0.05) is 25.6 Å². The van der Waals surface area contributed by atoms with Crippen LogP contribution in [0.2, 0.25) is 0 Å². The number of esters is 1. The van der Waals surface area contributed by atoms with Crippen LogP contribution in [0.4, 0.5) is 0 Å². The van der Waals surface area contributed by atoms with Crippen molar-refractivity contribution >= 4 is 11.9 Å². The van der Waals surface area contributed by atoms with Gasteiger partial charge in [0.2, 0.25) is 5.91 Å². The number of carbonyl (C=O) groups excluding carboxylic acids is 2. The molecule has 1 aliphatic rings. The molecule has 6 heteroatoms. The van der Waals surface area contributed by atoms with Gasteiger partial charge in [-0.3, -0.25) is 9.59 Å². The van der Waals surface area contributed by atoms with Gasteiger partial charge in [-0.2, -0.15) is 0 Å². The summed E-state index contributed by atoms with van der Waals surface area (Å²) in [7, 11) is 3.01. The lowest BCUT2D eigenvalue weighted by atomic mass is 9.91. The SMILES string of the molecule is COC(=O)C1CC(N(Cc2cccc(OC)c2)C(=O)CC(C)(C)C)CN1. The maximum absolute atomic E-state index is 13.0. The third-order valence-corrected chi connectivity index (χ3v) is 4.52. The summed E-state index contributed by atoms with van der Waals surface area (Å²) in [5.41, 5.74) is 0.908. The highest BCUT2D eigenvalue weighted by atomic mass is 16.5.